The molecule has 0 spiro atoms. The standard InChI is InChI=1S/C25H29F2N5O2.C11H10BrF2N3O/c1-15(2)32-25(34-21-9-18(26)8-19(27)10-21)29-23(30-32)12-22-16-4-5-17(22)14-31(13-16)20-6-7-28-24(11-20)33-3;1-6(2)17-11(15-10(12)16-17)18-9-4-7(13)3-8(14)5-9/h6-11,15-17,22H,4-5,12-14H2,1-3H3;3-6H,1-2H3/t16-,17+,22?;. The van der Waals surface area contributed by atoms with Gasteiger partial charge in [-0.05, 0) is 80.3 Å². The van der Waals surface area contributed by atoms with Crippen LogP contribution in [0, 0.1) is 41.0 Å². The Balaban J connectivity index is 0.000000217. The minimum Gasteiger partial charge on any atom is -0.481 e. The number of nitrogens with zero attached hydrogens (tertiary/aromatic N) is 8. The second-order valence-electron chi connectivity index (χ2n) is 13.4. The minimum absolute atomic E-state index is 0.00473. The molecule has 2 aliphatic rings. The van der Waals surface area contributed by atoms with Crippen molar-refractivity contribution in [1.29, 1.82) is 0 Å². The maximum atomic E-state index is 13.6. The van der Waals surface area contributed by atoms with E-state index in [1.807, 2.05) is 39.8 Å². The highest BCUT2D eigenvalue weighted by Gasteiger charge is 2.42. The average molecular weight is 788 g/mol. The van der Waals surface area contributed by atoms with Gasteiger partial charge in [-0.15, -0.1) is 5.10 Å². The van der Waals surface area contributed by atoms with Crippen molar-refractivity contribution in [3.05, 3.63) is 88.6 Å². The van der Waals surface area contributed by atoms with E-state index in [0.29, 0.717) is 34.2 Å². The van der Waals surface area contributed by atoms with Gasteiger partial charge in [-0.1, -0.05) is 0 Å². The molecule has 1 saturated heterocycles. The zero-order valence-corrected chi connectivity index (χ0v) is 30.9. The second kappa shape index (κ2) is 15.9. The number of fused-ring (bicyclic) bond motifs is 2. The monoisotopic (exact) mass is 786 g/mol. The predicted molar refractivity (Wildman–Crippen MR) is 188 cm³/mol. The second-order valence-corrected chi connectivity index (χ2v) is 14.1. The number of rotatable bonds is 10. The van der Waals surface area contributed by atoms with E-state index in [1.165, 1.54) is 17.5 Å². The first-order chi connectivity index (χ1) is 24.8. The summed E-state index contributed by atoms with van der Waals surface area (Å²) < 4.78 is 73.2. The first kappa shape index (κ1) is 37.0. The van der Waals surface area contributed by atoms with Gasteiger partial charge in [-0.2, -0.15) is 15.1 Å². The lowest BCUT2D eigenvalue weighted by molar-refractivity contribution is 0.265. The Morgan fingerprint density at radius 2 is 1.27 bits per heavy atom. The van der Waals surface area contributed by atoms with Crippen LogP contribution < -0.4 is 19.1 Å². The number of anilines is 1. The molecule has 2 fully saturated rings. The highest BCUT2D eigenvalue weighted by atomic mass is 79.9. The Morgan fingerprint density at radius 3 is 1.79 bits per heavy atom. The van der Waals surface area contributed by atoms with Crippen LogP contribution in [0.1, 0.15) is 58.4 Å². The van der Waals surface area contributed by atoms with Crippen molar-refractivity contribution in [2.24, 2.45) is 17.8 Å². The van der Waals surface area contributed by atoms with Gasteiger partial charge in [0.2, 0.25) is 10.6 Å². The molecule has 7 rings (SSSR count). The van der Waals surface area contributed by atoms with Gasteiger partial charge in [0.1, 0.15) is 34.8 Å². The van der Waals surface area contributed by atoms with E-state index in [1.54, 1.807) is 18.0 Å². The van der Waals surface area contributed by atoms with Crippen LogP contribution in [0.15, 0.2) is 59.5 Å². The first-order valence-electron chi connectivity index (χ1n) is 17.0. The fourth-order valence-corrected chi connectivity index (χ4v) is 7.04. The largest absolute Gasteiger partial charge is 0.481 e. The van der Waals surface area contributed by atoms with Crippen molar-refractivity contribution in [1.82, 2.24) is 34.5 Å². The number of pyridine rings is 1. The summed E-state index contributed by atoms with van der Waals surface area (Å²) in [7, 11) is 1.63. The van der Waals surface area contributed by atoms with Crippen molar-refractivity contribution in [3.63, 3.8) is 0 Å². The van der Waals surface area contributed by atoms with Crippen molar-refractivity contribution in [3.8, 4) is 29.4 Å². The lowest BCUT2D eigenvalue weighted by atomic mass is 9.82. The molecular formula is C36H39BrF4N8O3. The molecule has 3 aromatic heterocycles. The zero-order chi connectivity index (χ0) is 37.1. The predicted octanol–water partition coefficient (Wildman–Crippen LogP) is 8.73. The Bertz CT molecular complexity index is 1950. The number of halogens is 5. The Labute approximate surface area is 307 Å². The van der Waals surface area contributed by atoms with Crippen LogP contribution in [0.25, 0.3) is 0 Å². The van der Waals surface area contributed by atoms with Gasteiger partial charge < -0.3 is 19.1 Å². The molecule has 52 heavy (non-hydrogen) atoms. The Kier molecular flexibility index (Phi) is 11.3. The van der Waals surface area contributed by atoms with Gasteiger partial charge in [-0.25, -0.2) is 31.9 Å². The summed E-state index contributed by atoms with van der Waals surface area (Å²) in [5.74, 6) is 0.219. The fraction of sp³-hybridized carbons (Fsp3) is 0.417. The molecule has 2 aromatic carbocycles. The SMILES string of the molecule is CC(C)n1nc(Br)nc1Oc1cc(F)cc(F)c1.COc1cc(N2C[C@H]3CC[C@@H](C2)C3Cc2nc(Oc3cc(F)cc(F)c3)n(C(C)C)n2)ccn1. The molecule has 3 atom stereocenters. The Morgan fingerprint density at radius 1 is 0.750 bits per heavy atom. The molecular weight excluding hydrogens is 748 g/mol. The third-order valence-electron chi connectivity index (χ3n) is 9.03. The first-order valence-corrected chi connectivity index (χ1v) is 17.7. The smallest absolute Gasteiger partial charge is 0.321 e. The average Bonchev–Trinajstić information content (AvgIpc) is 3.71. The van der Waals surface area contributed by atoms with E-state index in [4.69, 9.17) is 19.3 Å². The van der Waals surface area contributed by atoms with Crippen molar-refractivity contribution < 1.29 is 31.8 Å². The van der Waals surface area contributed by atoms with Crippen molar-refractivity contribution >= 4 is 21.6 Å². The third-order valence-corrected chi connectivity index (χ3v) is 9.36. The van der Waals surface area contributed by atoms with Gasteiger partial charge in [0, 0.05) is 73.9 Å². The zero-order valence-electron chi connectivity index (χ0n) is 29.3. The molecule has 4 heterocycles. The molecule has 1 saturated carbocycles. The summed E-state index contributed by atoms with van der Waals surface area (Å²) in [6, 6.07) is 10.5. The minimum atomic E-state index is -0.709. The molecule has 0 N–H and O–H groups in total. The number of hydrogen-bond donors (Lipinski definition) is 0. The number of aromatic nitrogens is 7. The van der Waals surface area contributed by atoms with Gasteiger partial charge in [0.05, 0.1) is 19.2 Å². The van der Waals surface area contributed by atoms with Crippen molar-refractivity contribution in [2.45, 2.75) is 59.0 Å². The van der Waals surface area contributed by atoms with Gasteiger partial charge in [-0.3, -0.25) is 0 Å². The maximum Gasteiger partial charge on any atom is 0.321 e. The van der Waals surface area contributed by atoms with E-state index in [-0.39, 0.29) is 35.6 Å². The molecule has 276 valence electrons. The van der Waals surface area contributed by atoms with Crippen LogP contribution in [-0.2, 0) is 6.42 Å². The number of piperidine rings is 1. The molecule has 1 aliphatic carbocycles. The highest BCUT2D eigenvalue weighted by molar-refractivity contribution is 9.10. The van der Waals surface area contributed by atoms with E-state index in [0.717, 1.165) is 61.6 Å². The van der Waals surface area contributed by atoms with Crippen LogP contribution in [0.3, 0.4) is 0 Å². The normalized spacial score (nSPS) is 18.1. The summed E-state index contributed by atoms with van der Waals surface area (Å²) >= 11 is 3.12. The van der Waals surface area contributed by atoms with Gasteiger partial charge in [0.15, 0.2) is 5.82 Å². The summed E-state index contributed by atoms with van der Waals surface area (Å²) in [6.07, 6.45) is 4.92. The van der Waals surface area contributed by atoms with Crippen LogP contribution in [-0.4, -0.2) is 54.7 Å². The lowest BCUT2D eigenvalue weighted by Crippen LogP contribution is -2.42. The topological polar surface area (TPSA) is 105 Å². The van der Waals surface area contributed by atoms with E-state index < -0.39 is 23.3 Å². The van der Waals surface area contributed by atoms with Crippen LogP contribution >= 0.6 is 15.9 Å². The summed E-state index contributed by atoms with van der Waals surface area (Å²) in [5.41, 5.74) is 1.14. The molecule has 11 nitrogen and oxygen atoms in total. The summed E-state index contributed by atoms with van der Waals surface area (Å²) in [5, 5.41) is 8.76. The number of hydrogen-bond acceptors (Lipinski definition) is 9. The van der Waals surface area contributed by atoms with E-state index in [2.05, 4.69) is 40.9 Å². The maximum absolute atomic E-state index is 13.6. The van der Waals surface area contributed by atoms with Crippen LogP contribution in [0.2, 0.25) is 0 Å². The lowest BCUT2D eigenvalue weighted by Gasteiger charge is -2.39. The molecule has 0 amide bonds. The number of methoxy groups -OCH3 is 1. The molecule has 0 radical (unpaired) electrons. The van der Waals surface area contributed by atoms with Gasteiger partial charge in [0.25, 0.3) is 0 Å². The van der Waals surface area contributed by atoms with Crippen LogP contribution in [0.4, 0.5) is 23.2 Å². The third kappa shape index (κ3) is 8.82. The Hall–Kier alpha value is -4.73. The number of benzene rings is 2. The van der Waals surface area contributed by atoms with Gasteiger partial charge >= 0.3 is 12.0 Å². The summed E-state index contributed by atoms with van der Waals surface area (Å²) in [4.78, 5) is 15.3. The van der Waals surface area contributed by atoms with E-state index in [9.17, 15) is 17.6 Å². The van der Waals surface area contributed by atoms with Crippen molar-refractivity contribution in [2.75, 3.05) is 25.1 Å². The van der Waals surface area contributed by atoms with E-state index >= 15 is 0 Å². The molecule has 5 aromatic rings. The molecule has 1 aliphatic heterocycles. The highest BCUT2D eigenvalue weighted by Crippen LogP contribution is 2.45. The number of ether oxygens (including phenoxy) is 3. The quantitative estimate of drug-likeness (QED) is 0.129. The summed E-state index contributed by atoms with van der Waals surface area (Å²) in [6.45, 7) is 9.68. The van der Waals surface area contributed by atoms with Crippen LogP contribution in [0.5, 0.6) is 29.4 Å². The fourth-order valence-electron chi connectivity index (χ4n) is 6.72. The molecule has 2 bridgehead atoms. The molecule has 16 heteroatoms. The molecule has 1 unspecified atom stereocenters.